The molecule has 0 heterocycles. The third-order valence-corrected chi connectivity index (χ3v) is 6.73. The van der Waals surface area contributed by atoms with E-state index >= 15 is 0 Å². The third-order valence-electron chi connectivity index (χ3n) is 3.80. The van der Waals surface area contributed by atoms with Crippen molar-refractivity contribution in [2.75, 3.05) is 0 Å². The second-order valence-electron chi connectivity index (χ2n) is 5.20. The standard InChI is InChI=1S/C11H19Br2NO2/c1-4-5-8-6-10(2,12)11(3,13)7-9(8)14(15)16/h8-9H,4-7H2,1-3H3. The van der Waals surface area contributed by atoms with Crippen LogP contribution in [0.2, 0.25) is 0 Å². The van der Waals surface area contributed by atoms with Gasteiger partial charge < -0.3 is 0 Å². The SMILES string of the molecule is CCCC1CC(C)(Br)C(C)(Br)CC1[N+](=O)[O-]. The number of halogens is 2. The minimum atomic E-state index is -0.407. The Hall–Kier alpha value is 0.360. The van der Waals surface area contributed by atoms with Gasteiger partial charge in [0.15, 0.2) is 0 Å². The summed E-state index contributed by atoms with van der Waals surface area (Å²) >= 11 is 7.38. The van der Waals surface area contributed by atoms with Crippen molar-refractivity contribution in [1.29, 1.82) is 0 Å². The third kappa shape index (κ3) is 2.78. The molecule has 0 N–H and O–H groups in total. The molecule has 4 atom stereocenters. The Labute approximate surface area is 114 Å². The molecule has 0 aromatic rings. The lowest BCUT2D eigenvalue weighted by molar-refractivity contribution is -0.537. The second-order valence-corrected chi connectivity index (χ2v) is 8.71. The maximum absolute atomic E-state index is 11.1. The first-order chi connectivity index (χ1) is 7.21. The van der Waals surface area contributed by atoms with Crippen LogP contribution in [0.5, 0.6) is 0 Å². The van der Waals surface area contributed by atoms with Crippen LogP contribution in [0.4, 0.5) is 0 Å². The van der Waals surface area contributed by atoms with E-state index in [1.807, 2.05) is 6.92 Å². The van der Waals surface area contributed by atoms with Crippen molar-refractivity contribution in [3.63, 3.8) is 0 Å². The zero-order chi connectivity index (χ0) is 12.6. The number of nitrogens with zero attached hydrogens (tertiary/aromatic N) is 1. The molecule has 94 valence electrons. The van der Waals surface area contributed by atoms with E-state index < -0.39 is 6.04 Å². The summed E-state index contributed by atoms with van der Waals surface area (Å²) in [5.41, 5.74) is 0. The van der Waals surface area contributed by atoms with E-state index in [2.05, 4.69) is 45.7 Å². The Morgan fingerprint density at radius 2 is 1.81 bits per heavy atom. The van der Waals surface area contributed by atoms with Crippen molar-refractivity contribution >= 4 is 31.9 Å². The zero-order valence-electron chi connectivity index (χ0n) is 10.0. The molecule has 0 spiro atoms. The summed E-state index contributed by atoms with van der Waals surface area (Å²) in [6, 6.07) is -0.407. The second kappa shape index (κ2) is 4.92. The van der Waals surface area contributed by atoms with Gasteiger partial charge in [-0.2, -0.15) is 0 Å². The quantitative estimate of drug-likeness (QED) is 0.433. The van der Waals surface area contributed by atoms with Crippen LogP contribution >= 0.6 is 31.9 Å². The lowest BCUT2D eigenvalue weighted by Gasteiger charge is -2.46. The molecule has 0 aromatic heterocycles. The van der Waals surface area contributed by atoms with Crippen molar-refractivity contribution in [1.82, 2.24) is 0 Å². The monoisotopic (exact) mass is 355 g/mol. The zero-order valence-corrected chi connectivity index (χ0v) is 13.2. The fraction of sp³-hybridized carbons (Fsp3) is 1.00. The van der Waals surface area contributed by atoms with E-state index in [0.717, 1.165) is 19.3 Å². The van der Waals surface area contributed by atoms with Crippen molar-refractivity contribution in [2.45, 2.75) is 61.1 Å². The lowest BCUT2D eigenvalue weighted by atomic mass is 9.71. The number of nitro groups is 1. The lowest BCUT2D eigenvalue weighted by Crippen LogP contribution is -2.53. The van der Waals surface area contributed by atoms with Crippen LogP contribution in [0.1, 0.15) is 46.5 Å². The highest BCUT2D eigenvalue weighted by Gasteiger charge is 2.53. The number of alkyl halides is 2. The van der Waals surface area contributed by atoms with Crippen LogP contribution in [0.15, 0.2) is 0 Å². The Bertz CT molecular complexity index is 279. The van der Waals surface area contributed by atoms with Crippen LogP contribution < -0.4 is 0 Å². The van der Waals surface area contributed by atoms with Crippen LogP contribution in [0.25, 0.3) is 0 Å². The Balaban J connectivity index is 2.91. The highest BCUT2D eigenvalue weighted by Crippen LogP contribution is 2.51. The average Bonchev–Trinajstić information content (AvgIpc) is 2.11. The highest BCUT2D eigenvalue weighted by molar-refractivity contribution is 9.13. The number of rotatable bonds is 3. The van der Waals surface area contributed by atoms with E-state index in [0.29, 0.717) is 6.42 Å². The smallest absolute Gasteiger partial charge is 0.217 e. The fourth-order valence-corrected chi connectivity index (χ4v) is 3.60. The number of hydrogen-bond acceptors (Lipinski definition) is 2. The Kier molecular flexibility index (Phi) is 4.44. The van der Waals surface area contributed by atoms with Gasteiger partial charge in [-0.15, -0.1) is 0 Å². The first-order valence-electron chi connectivity index (χ1n) is 5.72. The molecule has 1 aliphatic rings. The van der Waals surface area contributed by atoms with E-state index in [1.165, 1.54) is 0 Å². The molecular weight excluding hydrogens is 338 g/mol. The molecule has 1 saturated carbocycles. The fourth-order valence-electron chi connectivity index (χ4n) is 2.53. The predicted octanol–water partition coefficient (Wildman–Crippen LogP) is 4.15. The van der Waals surface area contributed by atoms with Gasteiger partial charge in [-0.1, -0.05) is 45.2 Å². The molecular formula is C11H19Br2NO2. The molecule has 1 aliphatic carbocycles. The molecule has 0 radical (unpaired) electrons. The average molecular weight is 357 g/mol. The molecule has 16 heavy (non-hydrogen) atoms. The van der Waals surface area contributed by atoms with E-state index in [-0.39, 0.29) is 19.5 Å². The predicted molar refractivity (Wildman–Crippen MR) is 73.1 cm³/mol. The first-order valence-corrected chi connectivity index (χ1v) is 7.31. The van der Waals surface area contributed by atoms with Gasteiger partial charge in [0.1, 0.15) is 0 Å². The molecule has 0 aromatic carbocycles. The Morgan fingerprint density at radius 1 is 1.31 bits per heavy atom. The van der Waals surface area contributed by atoms with Crippen LogP contribution in [-0.2, 0) is 0 Å². The molecule has 3 nitrogen and oxygen atoms in total. The summed E-state index contributed by atoms with van der Waals surface area (Å²) in [6.07, 6.45) is 3.40. The van der Waals surface area contributed by atoms with Crippen LogP contribution in [-0.4, -0.2) is 19.6 Å². The van der Waals surface area contributed by atoms with Gasteiger partial charge in [-0.05, 0) is 26.7 Å². The van der Waals surface area contributed by atoms with Crippen molar-refractivity contribution in [2.24, 2.45) is 5.92 Å². The van der Waals surface area contributed by atoms with Gasteiger partial charge in [0, 0.05) is 25.9 Å². The van der Waals surface area contributed by atoms with Gasteiger partial charge in [0.05, 0.1) is 0 Å². The molecule has 0 amide bonds. The minimum absolute atomic E-state index is 0.0631. The van der Waals surface area contributed by atoms with Gasteiger partial charge >= 0.3 is 0 Å². The van der Waals surface area contributed by atoms with Crippen molar-refractivity contribution in [3.05, 3.63) is 10.1 Å². The summed E-state index contributed by atoms with van der Waals surface area (Å²) in [7, 11) is 0. The van der Waals surface area contributed by atoms with Crippen molar-refractivity contribution < 1.29 is 4.92 Å². The summed E-state index contributed by atoms with van der Waals surface area (Å²) < 4.78 is -0.270. The van der Waals surface area contributed by atoms with E-state index in [1.54, 1.807) is 0 Å². The molecule has 4 unspecified atom stereocenters. The highest BCUT2D eigenvalue weighted by atomic mass is 79.9. The van der Waals surface area contributed by atoms with Crippen LogP contribution in [0, 0.1) is 16.0 Å². The summed E-state index contributed by atoms with van der Waals surface area (Å²) in [5.74, 6) is 0.190. The largest absolute Gasteiger partial charge is 0.264 e. The van der Waals surface area contributed by atoms with E-state index in [4.69, 9.17) is 0 Å². The normalized spacial score (nSPS) is 44.3. The molecule has 0 saturated heterocycles. The summed E-state index contributed by atoms with van der Waals surface area (Å²) in [4.78, 5) is 11.0. The molecule has 1 rings (SSSR count). The first kappa shape index (κ1) is 14.4. The van der Waals surface area contributed by atoms with Gasteiger partial charge in [-0.3, -0.25) is 10.1 Å². The topological polar surface area (TPSA) is 43.1 Å². The van der Waals surface area contributed by atoms with Crippen LogP contribution in [0.3, 0.4) is 0 Å². The number of hydrogen-bond donors (Lipinski definition) is 0. The minimum Gasteiger partial charge on any atom is -0.264 e. The van der Waals surface area contributed by atoms with Crippen molar-refractivity contribution in [3.8, 4) is 0 Å². The maximum Gasteiger partial charge on any atom is 0.217 e. The summed E-state index contributed by atoms with van der Waals surface area (Å²) in [5, 5.41) is 11.1. The molecule has 1 fully saturated rings. The molecule has 5 heteroatoms. The van der Waals surface area contributed by atoms with Gasteiger partial charge in [-0.25, -0.2) is 0 Å². The maximum atomic E-state index is 11.1. The van der Waals surface area contributed by atoms with Gasteiger partial charge in [0.2, 0.25) is 6.04 Å². The van der Waals surface area contributed by atoms with E-state index in [9.17, 15) is 10.1 Å². The Morgan fingerprint density at radius 3 is 2.25 bits per heavy atom. The molecule has 0 aliphatic heterocycles. The molecule has 0 bridgehead atoms. The van der Waals surface area contributed by atoms with Gasteiger partial charge in [0.25, 0.3) is 0 Å². The summed E-state index contributed by atoms with van der Waals surface area (Å²) in [6.45, 7) is 6.26.